The maximum Gasteiger partial charge on any atom is 0.0658 e. The molecule has 16 bridgehead atoms. The van der Waals surface area contributed by atoms with Crippen molar-refractivity contribution in [3.05, 3.63) is 152 Å². The molecule has 230 valence electrons. The summed E-state index contributed by atoms with van der Waals surface area (Å²) in [6.07, 6.45) is 30.5. The Bertz CT molecular complexity index is 2600. The van der Waals surface area contributed by atoms with E-state index in [-0.39, 0.29) is 0 Å². The van der Waals surface area contributed by atoms with Crippen molar-refractivity contribution in [2.75, 3.05) is 0 Å². The highest BCUT2D eigenvalue weighted by molar-refractivity contribution is 6.20. The molecule has 0 fully saturated rings. The molecular formula is C40H30N8. The Balaban J connectivity index is 1.07. The van der Waals surface area contributed by atoms with Crippen LogP contribution in [0, 0.1) is 0 Å². The quantitative estimate of drug-likeness (QED) is 0.215. The Kier molecular flexibility index (Phi) is 6.75. The summed E-state index contributed by atoms with van der Waals surface area (Å²) in [6.45, 7) is 0. The van der Waals surface area contributed by atoms with Crippen molar-refractivity contribution >= 4 is 71.5 Å². The molecule has 5 aliphatic rings. The molecule has 0 aromatic carbocycles. The van der Waals surface area contributed by atoms with Crippen LogP contribution in [-0.2, 0) is 0 Å². The number of rotatable bonds is 0. The third-order valence-electron chi connectivity index (χ3n) is 8.36. The summed E-state index contributed by atoms with van der Waals surface area (Å²) in [5.74, 6) is 0. The Morgan fingerprint density at radius 2 is 0.771 bits per heavy atom. The van der Waals surface area contributed by atoms with Gasteiger partial charge in [0.1, 0.15) is 0 Å². The van der Waals surface area contributed by atoms with Crippen molar-refractivity contribution in [2.45, 2.75) is 12.8 Å². The zero-order valence-electron chi connectivity index (χ0n) is 25.9. The van der Waals surface area contributed by atoms with Gasteiger partial charge in [-0.2, -0.15) is 0 Å². The van der Waals surface area contributed by atoms with E-state index in [9.17, 15) is 0 Å². The van der Waals surface area contributed by atoms with Gasteiger partial charge in [0.25, 0.3) is 0 Å². The number of aliphatic imine (C=N–C) groups is 4. The average Bonchev–Trinajstić information content (AvgIpc) is 3.90. The van der Waals surface area contributed by atoms with Crippen LogP contribution in [-0.4, -0.2) is 42.8 Å². The molecule has 4 aromatic heterocycles. The first-order chi connectivity index (χ1) is 23.6. The first kappa shape index (κ1) is 27.7. The molecule has 4 N–H and O–H groups in total. The van der Waals surface area contributed by atoms with E-state index in [0.717, 1.165) is 103 Å². The first-order valence-electron chi connectivity index (χ1n) is 16.0. The molecule has 0 amide bonds. The number of H-pyrrole nitrogens is 4. The molecule has 0 spiro atoms. The predicted molar refractivity (Wildman–Crippen MR) is 198 cm³/mol. The van der Waals surface area contributed by atoms with Gasteiger partial charge in [-0.15, -0.1) is 0 Å². The summed E-state index contributed by atoms with van der Waals surface area (Å²) < 4.78 is 0. The fourth-order valence-corrected chi connectivity index (χ4v) is 6.13. The van der Waals surface area contributed by atoms with Gasteiger partial charge >= 0.3 is 0 Å². The molecule has 5 aliphatic heterocycles. The second kappa shape index (κ2) is 11.7. The fraction of sp³-hybridized carbons (Fsp3) is 0.0500. The molecule has 9 rings (SSSR count). The van der Waals surface area contributed by atoms with Crippen LogP contribution in [0.1, 0.15) is 35.6 Å². The van der Waals surface area contributed by atoms with Crippen LogP contribution in [0.3, 0.4) is 0 Å². The lowest BCUT2D eigenvalue weighted by Gasteiger charge is -1.92. The van der Waals surface area contributed by atoms with Crippen LogP contribution in [0.5, 0.6) is 0 Å². The van der Waals surface area contributed by atoms with Gasteiger partial charge in [-0.3, -0.25) is 4.99 Å². The Morgan fingerprint density at radius 1 is 0.354 bits per heavy atom. The SMILES string of the molecule is C1=CC2=NC1=Cc1ccc([nH]1)C=C1C=CC(=N1)C=c1ccc([nH]1)=CC1=NC(=Cc3ccc([nH]3)C=C3C=CC(=N3)C=c3ccc([nH]3)=C2)CC1. The van der Waals surface area contributed by atoms with Gasteiger partial charge in [-0.05, 0) is 146 Å². The molecular weight excluding hydrogens is 592 g/mol. The van der Waals surface area contributed by atoms with Crippen molar-refractivity contribution in [3.8, 4) is 0 Å². The lowest BCUT2D eigenvalue weighted by atomic mass is 10.2. The summed E-state index contributed by atoms with van der Waals surface area (Å²) in [7, 11) is 0. The molecule has 0 unspecified atom stereocenters. The Labute approximate surface area is 275 Å². The smallest absolute Gasteiger partial charge is 0.0658 e. The van der Waals surface area contributed by atoms with Gasteiger partial charge in [-0.25, -0.2) is 15.0 Å². The number of aromatic nitrogens is 4. The average molecular weight is 623 g/mol. The summed E-state index contributed by atoms with van der Waals surface area (Å²) in [6, 6.07) is 16.5. The molecule has 0 radical (unpaired) electrons. The molecule has 8 nitrogen and oxygen atoms in total. The van der Waals surface area contributed by atoms with Crippen molar-refractivity contribution < 1.29 is 0 Å². The minimum Gasteiger partial charge on any atom is -0.355 e. The number of allylic oxidation sites excluding steroid dienone is 7. The number of nitrogens with one attached hydrogen (secondary N) is 4. The van der Waals surface area contributed by atoms with Crippen LogP contribution in [0.2, 0.25) is 0 Å². The topological polar surface area (TPSA) is 113 Å². The zero-order chi connectivity index (χ0) is 31.9. The normalized spacial score (nSPS) is 18.0. The lowest BCUT2D eigenvalue weighted by Crippen LogP contribution is -2.12. The van der Waals surface area contributed by atoms with E-state index >= 15 is 0 Å². The monoisotopic (exact) mass is 622 g/mol. The van der Waals surface area contributed by atoms with E-state index in [1.807, 2.05) is 60.8 Å². The van der Waals surface area contributed by atoms with E-state index in [0.29, 0.717) is 0 Å². The second-order valence-corrected chi connectivity index (χ2v) is 12.1. The first-order valence-corrected chi connectivity index (χ1v) is 16.0. The highest BCUT2D eigenvalue weighted by atomic mass is 14.8. The maximum atomic E-state index is 4.90. The molecule has 8 heteroatoms. The Hall–Kier alpha value is -6.54. The summed E-state index contributed by atoms with van der Waals surface area (Å²) in [4.78, 5) is 33.2. The highest BCUT2D eigenvalue weighted by Crippen LogP contribution is 2.22. The highest BCUT2D eigenvalue weighted by Gasteiger charge is 2.11. The van der Waals surface area contributed by atoms with E-state index in [2.05, 4.69) is 92.8 Å². The molecule has 0 aliphatic carbocycles. The minimum atomic E-state index is 0.889. The standard InChI is InChI=1S/C40H30N8/c1-2-26-18-28-5-6-30(43-28)20-32-9-10-34(45-32)22-36-13-14-38(47-36)24-40-16-15-39(48-40)23-37-12-11-35(46-37)21-33-8-7-31(44-33)19-29-4-3-27(42-29)17-25(1)41-26/h1-14,17-24,42-43,46-47H,15-16H2. The van der Waals surface area contributed by atoms with Crippen LogP contribution in [0.25, 0.3) is 48.6 Å². The maximum absolute atomic E-state index is 4.90. The van der Waals surface area contributed by atoms with Crippen LogP contribution in [0.15, 0.2) is 128 Å². The number of nitrogens with zero attached hydrogens (tertiary/aromatic N) is 4. The van der Waals surface area contributed by atoms with Crippen LogP contribution in [0.4, 0.5) is 0 Å². The lowest BCUT2D eigenvalue weighted by molar-refractivity contribution is 1.08. The predicted octanol–water partition coefficient (Wildman–Crippen LogP) is 4.87. The third kappa shape index (κ3) is 6.15. The number of hydrogen-bond acceptors (Lipinski definition) is 4. The van der Waals surface area contributed by atoms with E-state index in [4.69, 9.17) is 20.0 Å². The van der Waals surface area contributed by atoms with Crippen molar-refractivity contribution in [3.63, 3.8) is 0 Å². The molecule has 4 aromatic rings. The fourth-order valence-electron chi connectivity index (χ4n) is 6.13. The second-order valence-electron chi connectivity index (χ2n) is 12.1. The van der Waals surface area contributed by atoms with Crippen LogP contribution >= 0.6 is 0 Å². The molecule has 0 atom stereocenters. The van der Waals surface area contributed by atoms with Gasteiger partial charge < -0.3 is 19.9 Å². The minimum absolute atomic E-state index is 0.889. The molecule has 0 saturated carbocycles. The summed E-state index contributed by atoms with van der Waals surface area (Å²) >= 11 is 0. The molecule has 0 saturated heterocycles. The number of hydrogen-bond donors (Lipinski definition) is 4. The van der Waals surface area contributed by atoms with Gasteiger partial charge in [0.05, 0.1) is 34.2 Å². The van der Waals surface area contributed by atoms with Crippen molar-refractivity contribution in [1.29, 1.82) is 0 Å². The van der Waals surface area contributed by atoms with E-state index < -0.39 is 0 Å². The van der Waals surface area contributed by atoms with Gasteiger partial charge in [-0.1, -0.05) is 0 Å². The van der Waals surface area contributed by atoms with E-state index in [1.54, 1.807) is 0 Å². The summed E-state index contributed by atoms with van der Waals surface area (Å²) in [5, 5.41) is 3.98. The van der Waals surface area contributed by atoms with Gasteiger partial charge in [0, 0.05) is 55.6 Å². The van der Waals surface area contributed by atoms with Gasteiger partial charge in [0.2, 0.25) is 0 Å². The molecule has 48 heavy (non-hydrogen) atoms. The van der Waals surface area contributed by atoms with Crippen LogP contribution < -0.4 is 21.4 Å². The number of fused-ring (bicyclic) bond motifs is 12. The largest absolute Gasteiger partial charge is 0.355 e. The zero-order valence-corrected chi connectivity index (χ0v) is 25.9. The summed E-state index contributed by atoms with van der Waals surface area (Å²) in [5.41, 5.74) is 11.5. The van der Waals surface area contributed by atoms with Crippen molar-refractivity contribution in [1.82, 2.24) is 19.9 Å². The van der Waals surface area contributed by atoms with Gasteiger partial charge in [0.15, 0.2) is 0 Å². The Morgan fingerprint density at radius 3 is 1.23 bits per heavy atom. The third-order valence-corrected chi connectivity index (χ3v) is 8.36. The van der Waals surface area contributed by atoms with E-state index in [1.165, 1.54) is 0 Å². The van der Waals surface area contributed by atoms with Crippen molar-refractivity contribution in [2.24, 2.45) is 20.0 Å². The number of aromatic amines is 4. The molecule has 9 heterocycles.